The van der Waals surface area contributed by atoms with Gasteiger partial charge in [-0.1, -0.05) is 42.8 Å². The lowest BCUT2D eigenvalue weighted by Crippen LogP contribution is -2.18. The zero-order chi connectivity index (χ0) is 15.1. The van der Waals surface area contributed by atoms with Crippen molar-refractivity contribution in [2.75, 3.05) is 6.61 Å². The molecule has 1 atom stereocenters. The Balaban J connectivity index is 1.93. The number of hydrogen-bond donors (Lipinski definition) is 1. The Morgan fingerprint density at radius 3 is 2.71 bits per heavy atom. The first-order valence-corrected chi connectivity index (χ1v) is 7.77. The van der Waals surface area contributed by atoms with Crippen molar-refractivity contribution in [1.82, 2.24) is 5.32 Å². The molecule has 0 heterocycles. The highest BCUT2D eigenvalue weighted by Crippen LogP contribution is 2.19. The van der Waals surface area contributed by atoms with Crippen molar-refractivity contribution in [2.24, 2.45) is 0 Å². The maximum absolute atomic E-state index is 6.03. The summed E-state index contributed by atoms with van der Waals surface area (Å²) < 4.78 is 5.66. The molecule has 2 aromatic rings. The molecule has 0 aromatic heterocycles. The number of hydrogen-bond acceptors (Lipinski definition) is 2. The molecule has 0 aliphatic heterocycles. The number of nitrogens with one attached hydrogen (secondary N) is 1. The summed E-state index contributed by atoms with van der Waals surface area (Å²) in [5, 5.41) is 4.29. The van der Waals surface area contributed by atoms with Crippen molar-refractivity contribution < 1.29 is 4.74 Å². The third-order valence-electron chi connectivity index (χ3n) is 3.33. The minimum Gasteiger partial charge on any atom is -0.494 e. The van der Waals surface area contributed by atoms with Crippen molar-refractivity contribution in [1.29, 1.82) is 0 Å². The second kappa shape index (κ2) is 8.06. The fraction of sp³-hybridized carbons (Fsp3) is 0.333. The van der Waals surface area contributed by atoms with Crippen LogP contribution in [0.15, 0.2) is 48.5 Å². The predicted molar refractivity (Wildman–Crippen MR) is 88.9 cm³/mol. The average molecular weight is 304 g/mol. The molecule has 21 heavy (non-hydrogen) atoms. The summed E-state index contributed by atoms with van der Waals surface area (Å²) >= 11 is 6.03. The normalized spacial score (nSPS) is 12.1. The highest BCUT2D eigenvalue weighted by atomic mass is 35.5. The second-order valence-electron chi connectivity index (χ2n) is 5.15. The van der Waals surface area contributed by atoms with Crippen LogP contribution in [-0.2, 0) is 6.54 Å². The predicted octanol–water partition coefficient (Wildman–Crippen LogP) is 4.98. The molecule has 0 spiro atoms. The summed E-state index contributed by atoms with van der Waals surface area (Å²) in [6.07, 6.45) is 1.02. The minimum atomic E-state index is 0.254. The highest BCUT2D eigenvalue weighted by Gasteiger charge is 2.05. The first-order valence-electron chi connectivity index (χ1n) is 7.39. The van der Waals surface area contributed by atoms with Gasteiger partial charge in [-0.2, -0.15) is 0 Å². The van der Waals surface area contributed by atoms with Crippen LogP contribution in [0, 0.1) is 0 Å². The van der Waals surface area contributed by atoms with Gasteiger partial charge >= 0.3 is 0 Å². The maximum Gasteiger partial charge on any atom is 0.119 e. The first kappa shape index (κ1) is 15.9. The molecule has 0 saturated heterocycles. The zero-order valence-electron chi connectivity index (χ0n) is 12.6. The van der Waals surface area contributed by atoms with E-state index in [2.05, 4.69) is 37.4 Å². The Morgan fingerprint density at radius 2 is 1.95 bits per heavy atom. The Morgan fingerprint density at radius 1 is 1.14 bits per heavy atom. The Kier molecular flexibility index (Phi) is 6.09. The van der Waals surface area contributed by atoms with Gasteiger partial charge in [-0.25, -0.2) is 0 Å². The summed E-state index contributed by atoms with van der Waals surface area (Å²) in [6, 6.07) is 16.4. The molecular formula is C18H22ClNO. The molecule has 0 aliphatic rings. The van der Waals surface area contributed by atoms with Gasteiger partial charge in [0.2, 0.25) is 0 Å². The zero-order valence-corrected chi connectivity index (χ0v) is 13.4. The Labute approximate surface area is 132 Å². The smallest absolute Gasteiger partial charge is 0.119 e. The molecule has 1 N–H and O–H groups in total. The Hall–Kier alpha value is -1.51. The highest BCUT2D eigenvalue weighted by molar-refractivity contribution is 6.30. The lowest BCUT2D eigenvalue weighted by molar-refractivity contribution is 0.317. The van der Waals surface area contributed by atoms with Crippen molar-refractivity contribution in [3.8, 4) is 5.75 Å². The van der Waals surface area contributed by atoms with E-state index in [1.807, 2.05) is 30.3 Å². The Bertz CT molecular complexity index is 571. The lowest BCUT2D eigenvalue weighted by Gasteiger charge is -2.15. The summed E-state index contributed by atoms with van der Waals surface area (Å²) in [7, 11) is 0. The summed E-state index contributed by atoms with van der Waals surface area (Å²) in [6.45, 7) is 5.81. The van der Waals surface area contributed by atoms with Gasteiger partial charge in [-0.15, -0.1) is 0 Å². The van der Waals surface area contributed by atoms with Crippen LogP contribution < -0.4 is 10.1 Å². The van der Waals surface area contributed by atoms with Crippen LogP contribution in [0.25, 0.3) is 0 Å². The topological polar surface area (TPSA) is 21.3 Å². The molecule has 0 aliphatic carbocycles. The number of rotatable bonds is 7. The van der Waals surface area contributed by atoms with E-state index in [1.165, 1.54) is 11.1 Å². The average Bonchev–Trinajstić information content (AvgIpc) is 2.51. The van der Waals surface area contributed by atoms with E-state index in [4.69, 9.17) is 16.3 Å². The van der Waals surface area contributed by atoms with Gasteiger partial charge in [0, 0.05) is 17.6 Å². The molecule has 0 amide bonds. The molecule has 2 aromatic carbocycles. The van der Waals surface area contributed by atoms with Crippen LogP contribution in [0.3, 0.4) is 0 Å². The lowest BCUT2D eigenvalue weighted by atomic mass is 10.1. The van der Waals surface area contributed by atoms with Gasteiger partial charge in [0.15, 0.2) is 0 Å². The fourth-order valence-corrected chi connectivity index (χ4v) is 2.33. The molecule has 2 nitrogen and oxygen atoms in total. The van der Waals surface area contributed by atoms with Gasteiger partial charge in [-0.05, 0) is 48.7 Å². The number of ether oxygens (including phenoxy) is 1. The summed E-state index contributed by atoms with van der Waals surface area (Å²) in [5.41, 5.74) is 2.42. The standard InChI is InChI=1S/C18H22ClNO/c1-3-10-21-18-9-4-6-15(11-18)13-20-14(2)16-7-5-8-17(19)12-16/h4-9,11-12,14,20H,3,10,13H2,1-2H3/t14-/m0/s1. The molecule has 0 fully saturated rings. The fourth-order valence-electron chi connectivity index (χ4n) is 2.13. The quantitative estimate of drug-likeness (QED) is 0.779. The molecule has 0 saturated carbocycles. The van der Waals surface area contributed by atoms with Crippen molar-refractivity contribution in [3.63, 3.8) is 0 Å². The van der Waals surface area contributed by atoms with E-state index in [0.717, 1.165) is 30.3 Å². The first-order chi connectivity index (χ1) is 10.2. The SMILES string of the molecule is CCCOc1cccc(CN[C@@H](C)c2cccc(Cl)c2)c1. The van der Waals surface area contributed by atoms with E-state index < -0.39 is 0 Å². The van der Waals surface area contributed by atoms with Gasteiger partial charge in [0.1, 0.15) is 5.75 Å². The summed E-state index contributed by atoms with van der Waals surface area (Å²) in [4.78, 5) is 0. The van der Waals surface area contributed by atoms with Crippen LogP contribution in [0.1, 0.15) is 37.4 Å². The molecule has 0 radical (unpaired) electrons. The maximum atomic E-state index is 6.03. The van der Waals surface area contributed by atoms with Crippen molar-refractivity contribution in [3.05, 3.63) is 64.7 Å². The van der Waals surface area contributed by atoms with E-state index in [1.54, 1.807) is 0 Å². The third kappa shape index (κ3) is 5.07. The molecule has 3 heteroatoms. The van der Waals surface area contributed by atoms with Crippen LogP contribution in [0.4, 0.5) is 0 Å². The van der Waals surface area contributed by atoms with Gasteiger partial charge in [0.05, 0.1) is 6.61 Å². The minimum absolute atomic E-state index is 0.254. The van der Waals surface area contributed by atoms with Crippen LogP contribution in [0.2, 0.25) is 5.02 Å². The molecule has 2 rings (SSSR count). The second-order valence-corrected chi connectivity index (χ2v) is 5.59. The number of benzene rings is 2. The molecular weight excluding hydrogens is 282 g/mol. The van der Waals surface area contributed by atoms with E-state index in [-0.39, 0.29) is 6.04 Å². The number of halogens is 1. The van der Waals surface area contributed by atoms with Crippen molar-refractivity contribution >= 4 is 11.6 Å². The molecule has 112 valence electrons. The summed E-state index contributed by atoms with van der Waals surface area (Å²) in [5.74, 6) is 0.937. The third-order valence-corrected chi connectivity index (χ3v) is 3.57. The largest absolute Gasteiger partial charge is 0.494 e. The molecule has 0 bridgehead atoms. The monoisotopic (exact) mass is 303 g/mol. The van der Waals surface area contributed by atoms with E-state index in [0.29, 0.717) is 0 Å². The van der Waals surface area contributed by atoms with Gasteiger partial charge in [-0.3, -0.25) is 0 Å². The van der Waals surface area contributed by atoms with Crippen LogP contribution in [-0.4, -0.2) is 6.61 Å². The van der Waals surface area contributed by atoms with Crippen molar-refractivity contribution in [2.45, 2.75) is 32.9 Å². The van der Waals surface area contributed by atoms with E-state index in [9.17, 15) is 0 Å². The van der Waals surface area contributed by atoms with E-state index >= 15 is 0 Å². The molecule has 0 unspecified atom stereocenters. The van der Waals surface area contributed by atoms with Crippen LogP contribution >= 0.6 is 11.6 Å². The van der Waals surface area contributed by atoms with Gasteiger partial charge < -0.3 is 10.1 Å². The van der Waals surface area contributed by atoms with Gasteiger partial charge in [0.25, 0.3) is 0 Å². The van der Waals surface area contributed by atoms with Crippen LogP contribution in [0.5, 0.6) is 5.75 Å².